The molecule has 0 fully saturated rings. The fourth-order valence-electron chi connectivity index (χ4n) is 3.01. The van der Waals surface area contributed by atoms with Crippen LogP contribution in [0.5, 0.6) is 11.5 Å². The van der Waals surface area contributed by atoms with Crippen LogP contribution >= 0.6 is 0 Å². The van der Waals surface area contributed by atoms with Crippen LogP contribution in [0.25, 0.3) is 0 Å². The van der Waals surface area contributed by atoms with Crippen LogP contribution in [0.3, 0.4) is 0 Å². The molecule has 0 radical (unpaired) electrons. The summed E-state index contributed by atoms with van der Waals surface area (Å²) in [7, 11) is 0. The molecule has 2 rings (SSSR count). The van der Waals surface area contributed by atoms with Gasteiger partial charge in [0.25, 0.3) is 0 Å². The van der Waals surface area contributed by atoms with Crippen molar-refractivity contribution in [1.29, 1.82) is 0 Å². The summed E-state index contributed by atoms with van der Waals surface area (Å²) in [4.78, 5) is 12.5. The first kappa shape index (κ1) is 23.0. The summed E-state index contributed by atoms with van der Waals surface area (Å²) < 4.78 is 17.2. The number of carbonyl (C=O) groups excluding carboxylic acids is 1. The SMILES string of the molecule is CCCCCCCOC(C(=O)OCc1cccc(Oc2ccccc2)c1)C(C)C. The van der Waals surface area contributed by atoms with Gasteiger partial charge in [-0.25, -0.2) is 4.79 Å². The van der Waals surface area contributed by atoms with Crippen LogP contribution in [0.1, 0.15) is 58.4 Å². The quantitative estimate of drug-likeness (QED) is 0.284. The molecular weight excluding hydrogens is 364 g/mol. The molecule has 158 valence electrons. The zero-order valence-corrected chi connectivity index (χ0v) is 17.9. The molecule has 0 heterocycles. The molecule has 2 aromatic rings. The molecule has 0 spiro atoms. The number of ether oxygens (including phenoxy) is 3. The van der Waals surface area contributed by atoms with Crippen LogP contribution in [-0.4, -0.2) is 18.7 Å². The summed E-state index contributed by atoms with van der Waals surface area (Å²) in [5.74, 6) is 1.26. The Labute approximate surface area is 175 Å². The van der Waals surface area contributed by atoms with E-state index in [4.69, 9.17) is 14.2 Å². The van der Waals surface area contributed by atoms with Crippen molar-refractivity contribution in [3.63, 3.8) is 0 Å². The van der Waals surface area contributed by atoms with E-state index >= 15 is 0 Å². The highest BCUT2D eigenvalue weighted by atomic mass is 16.6. The van der Waals surface area contributed by atoms with E-state index in [1.54, 1.807) is 0 Å². The van der Waals surface area contributed by atoms with Gasteiger partial charge in [-0.2, -0.15) is 0 Å². The molecule has 0 bridgehead atoms. The first-order valence-corrected chi connectivity index (χ1v) is 10.7. The molecule has 0 amide bonds. The second-order valence-electron chi connectivity index (χ2n) is 7.62. The zero-order valence-electron chi connectivity index (χ0n) is 17.9. The van der Waals surface area contributed by atoms with Crippen molar-refractivity contribution in [2.75, 3.05) is 6.61 Å². The molecule has 4 nitrogen and oxygen atoms in total. The van der Waals surface area contributed by atoms with Gasteiger partial charge < -0.3 is 14.2 Å². The Hall–Kier alpha value is -2.33. The van der Waals surface area contributed by atoms with Gasteiger partial charge in [-0.05, 0) is 42.2 Å². The van der Waals surface area contributed by atoms with E-state index < -0.39 is 6.10 Å². The summed E-state index contributed by atoms with van der Waals surface area (Å²) in [6.07, 6.45) is 5.29. The summed E-state index contributed by atoms with van der Waals surface area (Å²) in [6.45, 7) is 6.97. The van der Waals surface area contributed by atoms with Crippen LogP contribution in [-0.2, 0) is 20.9 Å². The summed E-state index contributed by atoms with van der Waals surface area (Å²) in [5.41, 5.74) is 0.883. The number of carbonyl (C=O) groups is 1. The van der Waals surface area contributed by atoms with Crippen molar-refractivity contribution in [2.24, 2.45) is 5.92 Å². The predicted molar refractivity (Wildman–Crippen MR) is 116 cm³/mol. The van der Waals surface area contributed by atoms with E-state index in [0.29, 0.717) is 12.4 Å². The lowest BCUT2D eigenvalue weighted by Crippen LogP contribution is -2.31. The molecule has 0 aliphatic heterocycles. The second kappa shape index (κ2) is 13.0. The molecule has 4 heteroatoms. The summed E-state index contributed by atoms with van der Waals surface area (Å²) in [6, 6.07) is 17.2. The third-order valence-electron chi connectivity index (χ3n) is 4.64. The highest BCUT2D eigenvalue weighted by Crippen LogP contribution is 2.22. The van der Waals surface area contributed by atoms with Crippen LogP contribution in [0.15, 0.2) is 54.6 Å². The van der Waals surface area contributed by atoms with Gasteiger partial charge in [0.05, 0.1) is 0 Å². The van der Waals surface area contributed by atoms with Crippen LogP contribution in [0.4, 0.5) is 0 Å². The molecule has 0 aliphatic rings. The molecule has 1 atom stereocenters. The van der Waals surface area contributed by atoms with Gasteiger partial charge in [0, 0.05) is 6.61 Å². The maximum absolute atomic E-state index is 12.5. The van der Waals surface area contributed by atoms with Crippen LogP contribution in [0, 0.1) is 5.92 Å². The zero-order chi connectivity index (χ0) is 20.9. The minimum Gasteiger partial charge on any atom is -0.459 e. The second-order valence-corrected chi connectivity index (χ2v) is 7.62. The average molecular weight is 399 g/mol. The third kappa shape index (κ3) is 8.70. The van der Waals surface area contributed by atoms with Crippen LogP contribution < -0.4 is 4.74 Å². The smallest absolute Gasteiger partial charge is 0.335 e. The number of para-hydroxylation sites is 1. The van der Waals surface area contributed by atoms with Gasteiger partial charge >= 0.3 is 5.97 Å². The molecular formula is C25H34O4. The summed E-state index contributed by atoms with van der Waals surface area (Å²) >= 11 is 0. The topological polar surface area (TPSA) is 44.8 Å². The average Bonchev–Trinajstić information content (AvgIpc) is 2.72. The maximum atomic E-state index is 12.5. The number of rotatable bonds is 13. The van der Waals surface area contributed by atoms with Crippen molar-refractivity contribution in [1.82, 2.24) is 0 Å². The first-order chi connectivity index (χ1) is 14.1. The van der Waals surface area contributed by atoms with Gasteiger partial charge in [-0.3, -0.25) is 0 Å². The molecule has 2 aromatic carbocycles. The normalized spacial score (nSPS) is 12.0. The van der Waals surface area contributed by atoms with Gasteiger partial charge in [0.15, 0.2) is 6.10 Å². The van der Waals surface area contributed by atoms with Gasteiger partial charge in [-0.15, -0.1) is 0 Å². The van der Waals surface area contributed by atoms with E-state index in [1.165, 1.54) is 19.3 Å². The Balaban J connectivity index is 1.82. The fraction of sp³-hybridized carbons (Fsp3) is 0.480. The minimum atomic E-state index is -0.523. The van der Waals surface area contributed by atoms with E-state index in [9.17, 15) is 4.79 Å². The Morgan fingerprint density at radius 2 is 1.62 bits per heavy atom. The Morgan fingerprint density at radius 3 is 2.34 bits per heavy atom. The number of hydrogen-bond donors (Lipinski definition) is 0. The lowest BCUT2D eigenvalue weighted by Gasteiger charge is -2.20. The lowest BCUT2D eigenvalue weighted by molar-refractivity contribution is -0.161. The number of benzene rings is 2. The molecule has 0 aliphatic carbocycles. The molecule has 1 unspecified atom stereocenters. The van der Waals surface area contributed by atoms with Crippen molar-refractivity contribution >= 4 is 5.97 Å². The third-order valence-corrected chi connectivity index (χ3v) is 4.64. The monoisotopic (exact) mass is 398 g/mol. The molecule has 0 saturated carbocycles. The van der Waals surface area contributed by atoms with Crippen molar-refractivity contribution in [3.8, 4) is 11.5 Å². The Kier molecular flexibility index (Phi) is 10.3. The summed E-state index contributed by atoms with van der Waals surface area (Å²) in [5, 5.41) is 0. The van der Waals surface area contributed by atoms with E-state index in [1.807, 2.05) is 68.4 Å². The molecule has 0 aromatic heterocycles. The number of esters is 1. The minimum absolute atomic E-state index is 0.0749. The van der Waals surface area contributed by atoms with Gasteiger partial charge in [0.2, 0.25) is 0 Å². The Bertz CT molecular complexity index is 712. The van der Waals surface area contributed by atoms with E-state index in [-0.39, 0.29) is 18.5 Å². The fourth-order valence-corrected chi connectivity index (χ4v) is 3.01. The largest absolute Gasteiger partial charge is 0.459 e. The highest BCUT2D eigenvalue weighted by molar-refractivity contribution is 5.75. The van der Waals surface area contributed by atoms with Crippen LogP contribution in [0.2, 0.25) is 0 Å². The maximum Gasteiger partial charge on any atom is 0.335 e. The standard InChI is InChI=1S/C25H34O4/c1-4-5-6-7-11-17-27-24(20(2)3)25(26)28-19-21-13-12-16-23(18-21)29-22-14-9-8-10-15-22/h8-10,12-16,18,20,24H,4-7,11,17,19H2,1-3H3. The molecule has 0 N–H and O–H groups in total. The van der Waals surface area contributed by atoms with Crippen molar-refractivity contribution in [2.45, 2.75) is 65.6 Å². The lowest BCUT2D eigenvalue weighted by atomic mass is 10.1. The van der Waals surface area contributed by atoms with Gasteiger partial charge in [-0.1, -0.05) is 76.8 Å². The van der Waals surface area contributed by atoms with E-state index in [0.717, 1.165) is 24.2 Å². The van der Waals surface area contributed by atoms with Crippen molar-refractivity contribution < 1.29 is 19.0 Å². The molecule has 29 heavy (non-hydrogen) atoms. The van der Waals surface area contributed by atoms with E-state index in [2.05, 4.69) is 6.92 Å². The molecule has 0 saturated heterocycles. The first-order valence-electron chi connectivity index (χ1n) is 10.7. The Morgan fingerprint density at radius 1 is 0.897 bits per heavy atom. The number of hydrogen-bond acceptors (Lipinski definition) is 4. The van der Waals surface area contributed by atoms with Gasteiger partial charge in [0.1, 0.15) is 18.1 Å². The number of unbranched alkanes of at least 4 members (excludes halogenated alkanes) is 4. The van der Waals surface area contributed by atoms with Crippen molar-refractivity contribution in [3.05, 3.63) is 60.2 Å². The highest BCUT2D eigenvalue weighted by Gasteiger charge is 2.24. The predicted octanol–water partition coefficient (Wildman–Crippen LogP) is 6.53.